The number of nitrogens with zero attached hydrogens (tertiary/aromatic N) is 1. The highest BCUT2D eigenvalue weighted by Crippen LogP contribution is 2.11. The Morgan fingerprint density at radius 1 is 0.842 bits per heavy atom. The van der Waals surface area contributed by atoms with Crippen LogP contribution in [0.1, 0.15) is 79.6 Å². The summed E-state index contributed by atoms with van der Waals surface area (Å²) >= 11 is 0. The Balaban J connectivity index is 0. The maximum atomic E-state index is 10.3. The summed E-state index contributed by atoms with van der Waals surface area (Å²) in [4.78, 5) is 12.0. The van der Waals surface area contributed by atoms with Crippen LogP contribution in [0, 0.1) is 11.8 Å². The highest BCUT2D eigenvalue weighted by atomic mass is 16.1. The molecule has 2 heteroatoms. The molecule has 0 aromatic heterocycles. The van der Waals surface area contributed by atoms with E-state index in [1.807, 2.05) is 7.05 Å². The van der Waals surface area contributed by atoms with Gasteiger partial charge in [0.2, 0.25) is 6.41 Å². The molecule has 0 saturated heterocycles. The van der Waals surface area contributed by atoms with Gasteiger partial charge in [0.15, 0.2) is 0 Å². The fraction of sp³-hybridized carbons (Fsp3) is 0.941. The van der Waals surface area contributed by atoms with Crippen LogP contribution in [-0.2, 0) is 4.79 Å². The highest BCUT2D eigenvalue weighted by Gasteiger charge is 1.96. The van der Waals surface area contributed by atoms with E-state index in [4.69, 9.17) is 0 Å². The molecule has 0 radical (unpaired) electrons. The van der Waals surface area contributed by atoms with Crippen molar-refractivity contribution in [2.75, 3.05) is 13.6 Å². The molecule has 0 aromatic rings. The Morgan fingerprint density at radius 2 is 1.26 bits per heavy atom. The molecule has 0 N–H and O–H groups in total. The second kappa shape index (κ2) is 15.5. The third-order valence-electron chi connectivity index (χ3n) is 2.72. The summed E-state index contributed by atoms with van der Waals surface area (Å²) in [5.74, 6) is 1.69. The van der Waals surface area contributed by atoms with Crippen molar-refractivity contribution in [2.45, 2.75) is 79.6 Å². The second-order valence-corrected chi connectivity index (χ2v) is 6.62. The number of carbonyl (C=O) groups is 1. The minimum atomic E-state index is 0.833. The summed E-state index contributed by atoms with van der Waals surface area (Å²) in [6.45, 7) is 12.0. The molecule has 0 saturated carbocycles. The molecule has 0 aromatic carbocycles. The van der Waals surface area contributed by atoms with E-state index in [0.29, 0.717) is 0 Å². The van der Waals surface area contributed by atoms with E-state index >= 15 is 0 Å². The van der Waals surface area contributed by atoms with Gasteiger partial charge in [-0.1, -0.05) is 73.1 Å². The van der Waals surface area contributed by atoms with Gasteiger partial charge in [0, 0.05) is 13.6 Å². The average molecular weight is 271 g/mol. The molecule has 0 aliphatic carbocycles. The number of unbranched alkanes of at least 4 members (excludes halogenated alkanes) is 5. The normalized spacial score (nSPS) is 10.3. The Kier molecular flexibility index (Phi) is 17.0. The van der Waals surface area contributed by atoms with Crippen molar-refractivity contribution in [2.24, 2.45) is 11.8 Å². The quantitative estimate of drug-likeness (QED) is 0.399. The van der Waals surface area contributed by atoms with Crippen LogP contribution in [0.3, 0.4) is 0 Å². The van der Waals surface area contributed by atoms with E-state index in [1.165, 1.54) is 38.5 Å². The van der Waals surface area contributed by atoms with Gasteiger partial charge in [-0.25, -0.2) is 0 Å². The molecule has 0 aliphatic rings. The van der Waals surface area contributed by atoms with E-state index in [2.05, 4.69) is 34.6 Å². The molecule has 0 atom stereocenters. The Labute approximate surface area is 122 Å². The molecule has 1 amide bonds. The van der Waals surface area contributed by atoms with Crippen LogP contribution in [0.25, 0.3) is 0 Å². The van der Waals surface area contributed by atoms with Gasteiger partial charge in [-0.3, -0.25) is 4.79 Å². The number of hydrogen-bond acceptors (Lipinski definition) is 1. The third kappa shape index (κ3) is 26.9. The van der Waals surface area contributed by atoms with Crippen LogP contribution in [0.2, 0.25) is 0 Å². The monoisotopic (exact) mass is 271 g/mol. The fourth-order valence-corrected chi connectivity index (χ4v) is 1.67. The topological polar surface area (TPSA) is 20.3 Å². The minimum absolute atomic E-state index is 0.833. The van der Waals surface area contributed by atoms with Crippen molar-refractivity contribution < 1.29 is 4.79 Å². The number of rotatable bonds is 10. The van der Waals surface area contributed by atoms with Gasteiger partial charge in [0.25, 0.3) is 0 Å². The highest BCUT2D eigenvalue weighted by molar-refractivity contribution is 5.46. The first kappa shape index (κ1) is 20.8. The molecular weight excluding hydrogens is 234 g/mol. The summed E-state index contributed by atoms with van der Waals surface area (Å²) in [5.41, 5.74) is 0. The zero-order valence-corrected chi connectivity index (χ0v) is 14.2. The predicted octanol–water partition coefficient (Wildman–Crippen LogP) is 5.12. The van der Waals surface area contributed by atoms with Gasteiger partial charge in [-0.15, -0.1) is 0 Å². The van der Waals surface area contributed by atoms with Crippen molar-refractivity contribution in [3.05, 3.63) is 0 Å². The number of carbonyl (C=O) groups excluding carboxylic acids is 1. The van der Waals surface area contributed by atoms with Crippen molar-refractivity contribution in [3.8, 4) is 0 Å². The lowest BCUT2D eigenvalue weighted by atomic mass is 10.0. The first-order valence-electron chi connectivity index (χ1n) is 8.05. The molecule has 0 heterocycles. The van der Waals surface area contributed by atoms with Crippen molar-refractivity contribution in [1.82, 2.24) is 4.90 Å². The molecule has 0 unspecified atom stereocenters. The first-order chi connectivity index (χ1) is 8.90. The van der Waals surface area contributed by atoms with E-state index in [9.17, 15) is 4.79 Å². The lowest BCUT2D eigenvalue weighted by molar-refractivity contribution is -0.117. The molecular formula is C17H37NO. The van der Waals surface area contributed by atoms with Crippen molar-refractivity contribution >= 4 is 6.41 Å². The average Bonchev–Trinajstić information content (AvgIpc) is 2.31. The summed E-state index contributed by atoms with van der Waals surface area (Å²) in [7, 11) is 1.84. The van der Waals surface area contributed by atoms with Crippen LogP contribution in [-0.4, -0.2) is 24.9 Å². The summed E-state index contributed by atoms with van der Waals surface area (Å²) in [6.07, 6.45) is 10.1. The van der Waals surface area contributed by atoms with E-state index in [0.717, 1.165) is 31.2 Å². The molecule has 116 valence electrons. The Hall–Kier alpha value is -0.530. The fourth-order valence-electron chi connectivity index (χ4n) is 1.67. The Bertz CT molecular complexity index is 175. The van der Waals surface area contributed by atoms with Crippen LogP contribution in [0.15, 0.2) is 0 Å². The lowest BCUT2D eigenvalue weighted by Gasteiger charge is -2.09. The van der Waals surface area contributed by atoms with Crippen molar-refractivity contribution in [3.63, 3.8) is 0 Å². The van der Waals surface area contributed by atoms with E-state index < -0.39 is 0 Å². The maximum absolute atomic E-state index is 10.3. The summed E-state index contributed by atoms with van der Waals surface area (Å²) < 4.78 is 0. The molecule has 0 fully saturated rings. The standard InChI is InChI=1S/C13H27NO.C4H10/c1-13(2)10-8-6-4-5-7-9-11-14(3)12-15;1-4(2)3/h12-13H,4-11H2,1-3H3;4H,1-3H3. The SMILES string of the molecule is CC(C)C.CC(C)CCCCCCCCN(C)C=O. The summed E-state index contributed by atoms with van der Waals surface area (Å²) in [6, 6.07) is 0. The van der Waals surface area contributed by atoms with Crippen LogP contribution in [0.5, 0.6) is 0 Å². The van der Waals surface area contributed by atoms with E-state index in [1.54, 1.807) is 4.90 Å². The van der Waals surface area contributed by atoms with Gasteiger partial charge in [0.1, 0.15) is 0 Å². The maximum Gasteiger partial charge on any atom is 0.209 e. The molecule has 0 rings (SSSR count). The first-order valence-corrected chi connectivity index (χ1v) is 8.05. The largest absolute Gasteiger partial charge is 0.348 e. The predicted molar refractivity (Wildman–Crippen MR) is 86.4 cm³/mol. The zero-order valence-electron chi connectivity index (χ0n) is 14.2. The van der Waals surface area contributed by atoms with Crippen molar-refractivity contribution in [1.29, 1.82) is 0 Å². The van der Waals surface area contributed by atoms with Gasteiger partial charge in [-0.05, 0) is 18.3 Å². The summed E-state index contributed by atoms with van der Waals surface area (Å²) in [5, 5.41) is 0. The molecule has 19 heavy (non-hydrogen) atoms. The van der Waals surface area contributed by atoms with Crippen LogP contribution in [0.4, 0.5) is 0 Å². The Morgan fingerprint density at radius 3 is 1.68 bits per heavy atom. The minimum Gasteiger partial charge on any atom is -0.348 e. The van der Waals surface area contributed by atoms with Crippen LogP contribution >= 0.6 is 0 Å². The number of amides is 1. The third-order valence-corrected chi connectivity index (χ3v) is 2.72. The van der Waals surface area contributed by atoms with E-state index in [-0.39, 0.29) is 0 Å². The smallest absolute Gasteiger partial charge is 0.209 e. The van der Waals surface area contributed by atoms with Gasteiger partial charge < -0.3 is 4.90 Å². The number of hydrogen-bond donors (Lipinski definition) is 0. The molecule has 0 spiro atoms. The van der Waals surface area contributed by atoms with Gasteiger partial charge in [0.05, 0.1) is 0 Å². The second-order valence-electron chi connectivity index (χ2n) is 6.62. The molecule has 0 aliphatic heterocycles. The van der Waals surface area contributed by atoms with Gasteiger partial charge in [-0.2, -0.15) is 0 Å². The molecule has 0 bridgehead atoms. The lowest BCUT2D eigenvalue weighted by Crippen LogP contribution is -2.16. The zero-order chi connectivity index (χ0) is 15.1. The van der Waals surface area contributed by atoms with Crippen LogP contribution < -0.4 is 0 Å². The molecule has 2 nitrogen and oxygen atoms in total. The van der Waals surface area contributed by atoms with Gasteiger partial charge >= 0.3 is 0 Å².